The molecule has 4 saturated heterocycles. The lowest BCUT2D eigenvalue weighted by Gasteiger charge is -2.38. The number of aliphatic carboxylic acids is 1. The molecule has 4 aliphatic heterocycles. The number of hydrogen-bond acceptors (Lipinski definition) is 11. The molecule has 0 spiro atoms. The molecule has 2 aromatic rings. The van der Waals surface area contributed by atoms with Gasteiger partial charge in [0.2, 0.25) is 5.91 Å². The van der Waals surface area contributed by atoms with E-state index in [2.05, 4.69) is 5.32 Å². The number of nitrogens with one attached hydrogen (secondary N) is 1. The van der Waals surface area contributed by atoms with Crippen molar-refractivity contribution in [1.29, 1.82) is 0 Å². The van der Waals surface area contributed by atoms with Crippen molar-refractivity contribution in [2.75, 3.05) is 78.8 Å². The summed E-state index contributed by atoms with van der Waals surface area (Å²) in [6, 6.07) is 8.94. The summed E-state index contributed by atoms with van der Waals surface area (Å²) in [6.07, 6.45) is 6.67. The summed E-state index contributed by atoms with van der Waals surface area (Å²) in [5.74, 6) is 0.483. The van der Waals surface area contributed by atoms with Crippen LogP contribution in [0.2, 0.25) is 0 Å². The average molecular weight is 984 g/mol. The summed E-state index contributed by atoms with van der Waals surface area (Å²) >= 11 is 0. The molecule has 0 radical (unpaired) electrons. The normalized spacial score (nSPS) is 16.9. The maximum absolute atomic E-state index is 14.4. The van der Waals surface area contributed by atoms with E-state index < -0.39 is 28.8 Å². The Morgan fingerprint density at radius 3 is 1.37 bits per heavy atom. The first kappa shape index (κ1) is 57.9. The molecule has 2 aromatic carbocycles. The molecule has 4 heterocycles. The molecule has 18 heteroatoms. The molecule has 384 valence electrons. The number of nitrogens with zero attached hydrogens (tertiary/aromatic N) is 3. The van der Waals surface area contributed by atoms with Crippen LogP contribution in [0.3, 0.4) is 0 Å². The van der Waals surface area contributed by atoms with E-state index >= 15 is 0 Å². The summed E-state index contributed by atoms with van der Waals surface area (Å²) in [4.78, 5) is 52.3. The number of piperidine rings is 2. The van der Waals surface area contributed by atoms with Gasteiger partial charge in [-0.25, -0.2) is 18.4 Å². The number of halogens is 3. The fraction of sp³-hybridized carbons (Fsp3) is 0.680. The molecule has 0 unspecified atom stereocenters. The van der Waals surface area contributed by atoms with E-state index in [1.165, 1.54) is 18.2 Å². The average Bonchev–Trinajstić information content (AvgIpc) is 3.22. The van der Waals surface area contributed by atoms with Crippen molar-refractivity contribution >= 4 is 36.5 Å². The minimum Gasteiger partial charge on any atom is -0.493 e. The van der Waals surface area contributed by atoms with Crippen LogP contribution in [0, 0.1) is 35.3 Å². The maximum Gasteiger partial charge on any atom is 0.410 e. The SMILES string of the molecule is CC(C)(C)OC(=O)N1CCC(CCCOc2ccc(CC(=O)N3CC(CO)C3)c(F)c2)CC1.CC(C)(C)OC(=O)N1CCC(CCCOc2ccc(CC(=O)O)c(F)c2)CC1.Cl.OCC1CNC1. The lowest BCUT2D eigenvalue weighted by atomic mass is 9.92. The summed E-state index contributed by atoms with van der Waals surface area (Å²) in [5.41, 5.74) is -0.443. The summed E-state index contributed by atoms with van der Waals surface area (Å²) in [5, 5.41) is 29.2. The number of likely N-dealkylation sites (tertiary alicyclic amines) is 3. The van der Waals surface area contributed by atoms with E-state index in [4.69, 9.17) is 34.3 Å². The van der Waals surface area contributed by atoms with Crippen LogP contribution in [0.1, 0.15) is 104 Å². The van der Waals surface area contributed by atoms with Gasteiger partial charge in [-0.2, -0.15) is 0 Å². The lowest BCUT2D eigenvalue weighted by molar-refractivity contribution is -0.138. The van der Waals surface area contributed by atoms with E-state index in [1.54, 1.807) is 32.9 Å². The molecule has 0 atom stereocenters. The van der Waals surface area contributed by atoms with Crippen molar-refractivity contribution in [1.82, 2.24) is 20.0 Å². The number of carbonyl (C=O) groups excluding carboxylic acids is 3. The van der Waals surface area contributed by atoms with Crippen molar-refractivity contribution in [2.24, 2.45) is 23.7 Å². The van der Waals surface area contributed by atoms with E-state index in [1.807, 2.05) is 41.5 Å². The van der Waals surface area contributed by atoms with Gasteiger partial charge in [0.25, 0.3) is 0 Å². The number of amides is 3. The van der Waals surface area contributed by atoms with Crippen molar-refractivity contribution in [2.45, 2.75) is 117 Å². The van der Waals surface area contributed by atoms with Crippen LogP contribution in [-0.2, 0) is 31.9 Å². The fourth-order valence-corrected chi connectivity index (χ4v) is 7.91. The van der Waals surface area contributed by atoms with Gasteiger partial charge in [-0.15, -0.1) is 12.4 Å². The van der Waals surface area contributed by atoms with Crippen molar-refractivity contribution in [3.8, 4) is 11.5 Å². The van der Waals surface area contributed by atoms with Gasteiger partial charge in [-0.1, -0.05) is 12.1 Å². The predicted molar refractivity (Wildman–Crippen MR) is 256 cm³/mol. The second-order valence-electron chi connectivity index (χ2n) is 20.1. The number of aliphatic hydroxyl groups is 2. The topological polar surface area (TPSA) is 188 Å². The Balaban J connectivity index is 0.000000319. The minimum absolute atomic E-state index is 0. The van der Waals surface area contributed by atoms with Crippen LogP contribution in [-0.4, -0.2) is 144 Å². The molecule has 6 rings (SSSR count). The Labute approximate surface area is 407 Å². The van der Waals surface area contributed by atoms with E-state index in [-0.39, 0.29) is 61.4 Å². The maximum atomic E-state index is 14.4. The smallest absolute Gasteiger partial charge is 0.410 e. The van der Waals surface area contributed by atoms with Crippen LogP contribution in [0.5, 0.6) is 11.5 Å². The third-order valence-corrected chi connectivity index (χ3v) is 12.0. The molecule has 0 aliphatic carbocycles. The lowest BCUT2D eigenvalue weighted by Crippen LogP contribution is -2.51. The predicted octanol–water partition coefficient (Wildman–Crippen LogP) is 7.50. The highest BCUT2D eigenvalue weighted by Gasteiger charge is 2.31. The minimum atomic E-state index is -1.06. The Hall–Kier alpha value is -4.45. The Kier molecular flexibility index (Phi) is 24.1. The van der Waals surface area contributed by atoms with Gasteiger partial charge in [0, 0.05) is 89.5 Å². The van der Waals surface area contributed by atoms with Gasteiger partial charge in [0.05, 0.1) is 26.1 Å². The standard InChI is InChI=1S/C25H37FN2O5.C21H30FNO5.C4H9NO.ClH/c1-25(2,3)33-24(31)27-10-8-18(9-11-27)5-4-12-32-21-7-6-20(22(26)14-21)13-23(30)28-15-19(16-28)17-29;1-21(2,3)28-20(26)23-10-8-15(9-11-23)5-4-12-27-17-7-6-16(13-19(24)25)18(22)14-17;6-3-4-1-5-2-4;/h6-7,14,18-19,29H,4-5,8-13,15-17H2,1-3H3;6-7,14-15H,4-5,8-13H2,1-3H3,(H,24,25);4-6H,1-3H2;1H. The monoisotopic (exact) mass is 983 g/mol. The number of carboxylic acids is 1. The quantitative estimate of drug-likeness (QED) is 0.122. The zero-order valence-corrected chi connectivity index (χ0v) is 41.8. The van der Waals surface area contributed by atoms with Crippen LogP contribution < -0.4 is 14.8 Å². The number of rotatable bonds is 16. The van der Waals surface area contributed by atoms with Gasteiger partial charge in [-0.3, -0.25) is 9.59 Å². The van der Waals surface area contributed by atoms with Crippen LogP contribution >= 0.6 is 12.4 Å². The number of ether oxygens (including phenoxy) is 4. The second kappa shape index (κ2) is 28.3. The summed E-state index contributed by atoms with van der Waals surface area (Å²) < 4.78 is 50.4. The molecule has 0 bridgehead atoms. The van der Waals surface area contributed by atoms with Gasteiger partial charge >= 0.3 is 18.2 Å². The fourth-order valence-electron chi connectivity index (χ4n) is 7.91. The van der Waals surface area contributed by atoms with E-state index in [0.29, 0.717) is 93.9 Å². The van der Waals surface area contributed by atoms with E-state index in [9.17, 15) is 28.0 Å². The molecular weight excluding hydrogens is 906 g/mol. The van der Waals surface area contributed by atoms with Crippen molar-refractivity contribution < 1.29 is 62.2 Å². The summed E-state index contributed by atoms with van der Waals surface area (Å²) in [7, 11) is 0. The number of benzene rings is 2. The molecule has 4 fully saturated rings. The molecule has 0 aromatic heterocycles. The molecule has 68 heavy (non-hydrogen) atoms. The second-order valence-corrected chi connectivity index (χ2v) is 20.1. The van der Waals surface area contributed by atoms with Gasteiger partial charge in [-0.05, 0) is 128 Å². The van der Waals surface area contributed by atoms with Gasteiger partial charge < -0.3 is 54.3 Å². The first-order valence-corrected chi connectivity index (χ1v) is 23.9. The highest BCUT2D eigenvalue weighted by molar-refractivity contribution is 5.85. The number of carbonyl (C=O) groups is 4. The van der Waals surface area contributed by atoms with Crippen LogP contribution in [0.4, 0.5) is 18.4 Å². The first-order valence-electron chi connectivity index (χ1n) is 23.9. The molecule has 15 nitrogen and oxygen atoms in total. The van der Waals surface area contributed by atoms with Crippen molar-refractivity contribution in [3.63, 3.8) is 0 Å². The number of aliphatic hydroxyl groups excluding tert-OH is 2. The number of hydrogen-bond donors (Lipinski definition) is 4. The highest BCUT2D eigenvalue weighted by atomic mass is 35.5. The third kappa shape index (κ3) is 21.0. The Morgan fingerprint density at radius 2 is 1.04 bits per heavy atom. The largest absolute Gasteiger partial charge is 0.493 e. The van der Waals surface area contributed by atoms with Gasteiger partial charge in [0.15, 0.2) is 0 Å². The molecular formula is C50H77ClF2N4O11. The van der Waals surface area contributed by atoms with Crippen LogP contribution in [0.15, 0.2) is 36.4 Å². The molecule has 0 saturated carbocycles. The molecule has 3 amide bonds. The van der Waals surface area contributed by atoms with Crippen LogP contribution in [0.25, 0.3) is 0 Å². The highest BCUT2D eigenvalue weighted by Crippen LogP contribution is 2.27. The number of carboxylic acid groups (broad SMARTS) is 1. The molecule has 4 aliphatic rings. The zero-order chi connectivity index (χ0) is 49.1. The molecule has 4 N–H and O–H groups in total. The van der Waals surface area contributed by atoms with E-state index in [0.717, 1.165) is 64.5 Å². The van der Waals surface area contributed by atoms with Gasteiger partial charge in [0.1, 0.15) is 34.3 Å². The first-order chi connectivity index (χ1) is 31.7. The third-order valence-electron chi connectivity index (χ3n) is 12.0. The summed E-state index contributed by atoms with van der Waals surface area (Å²) in [6.45, 7) is 18.6. The zero-order valence-electron chi connectivity index (χ0n) is 40.9. The Morgan fingerprint density at radius 1 is 0.632 bits per heavy atom. The van der Waals surface area contributed by atoms with Crippen molar-refractivity contribution in [3.05, 3.63) is 59.2 Å². The Bertz CT molecular complexity index is 1870.